The molecule has 0 saturated carbocycles. The zero-order valence-electron chi connectivity index (χ0n) is 8.24. The van der Waals surface area contributed by atoms with E-state index in [1.165, 1.54) is 13.1 Å². The Morgan fingerprint density at radius 2 is 2.19 bits per heavy atom. The number of aldehydes is 1. The summed E-state index contributed by atoms with van der Waals surface area (Å²) in [4.78, 5) is 14.4. The highest BCUT2D eigenvalue weighted by molar-refractivity contribution is 7.80. The van der Waals surface area contributed by atoms with Crippen molar-refractivity contribution in [3.05, 3.63) is 23.0 Å². The summed E-state index contributed by atoms with van der Waals surface area (Å²) in [5.74, 6) is -0.341. The van der Waals surface area contributed by atoms with Gasteiger partial charge >= 0.3 is 10.4 Å². The SMILES string of the molecule is Cc1ncc(COS(=O)(=O)O)c(C=O)c1O. The van der Waals surface area contributed by atoms with Gasteiger partial charge in [-0.15, -0.1) is 0 Å². The third-order valence-electron chi connectivity index (χ3n) is 1.84. The lowest BCUT2D eigenvalue weighted by atomic mass is 10.1. The minimum absolute atomic E-state index is 0.0655. The van der Waals surface area contributed by atoms with Gasteiger partial charge in [0.1, 0.15) is 5.75 Å². The smallest absolute Gasteiger partial charge is 0.397 e. The van der Waals surface area contributed by atoms with Crippen molar-refractivity contribution in [2.45, 2.75) is 13.5 Å². The summed E-state index contributed by atoms with van der Waals surface area (Å²) in [6, 6.07) is 0. The van der Waals surface area contributed by atoms with E-state index in [1.54, 1.807) is 0 Å². The second-order valence-electron chi connectivity index (χ2n) is 2.94. The Hall–Kier alpha value is -1.51. The highest BCUT2D eigenvalue weighted by atomic mass is 32.3. The maximum atomic E-state index is 10.7. The molecule has 0 fully saturated rings. The Balaban J connectivity index is 3.06. The number of pyridine rings is 1. The summed E-state index contributed by atoms with van der Waals surface area (Å²) >= 11 is 0. The molecule has 0 aliphatic heterocycles. The Labute approximate surface area is 91.7 Å². The molecule has 0 bridgehead atoms. The Bertz CT molecular complexity index is 510. The van der Waals surface area contributed by atoms with Crippen LogP contribution in [-0.2, 0) is 21.2 Å². The van der Waals surface area contributed by atoms with Crippen molar-refractivity contribution in [2.75, 3.05) is 0 Å². The average Bonchev–Trinajstić information content (AvgIpc) is 2.18. The maximum Gasteiger partial charge on any atom is 0.397 e. The number of hydrogen-bond donors (Lipinski definition) is 2. The highest BCUT2D eigenvalue weighted by Crippen LogP contribution is 2.22. The summed E-state index contributed by atoms with van der Waals surface area (Å²) < 4.78 is 33.1. The van der Waals surface area contributed by atoms with Crippen LogP contribution in [0.2, 0.25) is 0 Å². The molecule has 0 spiro atoms. The second kappa shape index (κ2) is 4.56. The fourth-order valence-electron chi connectivity index (χ4n) is 1.04. The van der Waals surface area contributed by atoms with Gasteiger partial charge < -0.3 is 5.11 Å². The van der Waals surface area contributed by atoms with Crippen LogP contribution in [0.15, 0.2) is 6.20 Å². The highest BCUT2D eigenvalue weighted by Gasteiger charge is 2.13. The summed E-state index contributed by atoms with van der Waals surface area (Å²) in [5, 5.41) is 9.45. The molecule has 0 saturated heterocycles. The normalized spacial score (nSPS) is 11.4. The van der Waals surface area contributed by atoms with Gasteiger partial charge in [0.2, 0.25) is 0 Å². The molecule has 0 unspecified atom stereocenters. The molecule has 1 rings (SSSR count). The van der Waals surface area contributed by atoms with E-state index in [1.807, 2.05) is 0 Å². The largest absolute Gasteiger partial charge is 0.505 e. The van der Waals surface area contributed by atoms with E-state index < -0.39 is 17.0 Å². The summed E-state index contributed by atoms with van der Waals surface area (Å²) in [6.07, 6.45) is 1.54. The molecule has 1 aromatic rings. The Morgan fingerprint density at radius 3 is 2.69 bits per heavy atom. The van der Waals surface area contributed by atoms with E-state index >= 15 is 0 Å². The summed E-state index contributed by atoms with van der Waals surface area (Å²) in [7, 11) is -4.60. The minimum atomic E-state index is -4.60. The first kappa shape index (κ1) is 12.6. The van der Waals surface area contributed by atoms with Gasteiger partial charge in [0, 0.05) is 11.8 Å². The second-order valence-corrected chi connectivity index (χ2v) is 4.03. The number of aromatic nitrogens is 1. The van der Waals surface area contributed by atoms with Crippen molar-refractivity contribution in [3.63, 3.8) is 0 Å². The molecule has 1 heterocycles. The molecule has 0 aliphatic carbocycles. The lowest BCUT2D eigenvalue weighted by molar-refractivity contribution is 0.111. The van der Waals surface area contributed by atoms with Crippen molar-refractivity contribution in [3.8, 4) is 5.75 Å². The van der Waals surface area contributed by atoms with Gasteiger partial charge in [-0.1, -0.05) is 0 Å². The molecule has 88 valence electrons. The lowest BCUT2D eigenvalue weighted by Crippen LogP contribution is -2.06. The Kier molecular flexibility index (Phi) is 3.58. The van der Waals surface area contributed by atoms with E-state index in [4.69, 9.17) is 4.55 Å². The molecule has 0 aromatic carbocycles. The van der Waals surface area contributed by atoms with Crippen LogP contribution in [0.4, 0.5) is 0 Å². The van der Waals surface area contributed by atoms with Crippen LogP contribution >= 0.6 is 0 Å². The van der Waals surface area contributed by atoms with E-state index in [-0.39, 0.29) is 22.6 Å². The molecular weight excluding hydrogens is 238 g/mol. The van der Waals surface area contributed by atoms with Crippen LogP contribution < -0.4 is 0 Å². The van der Waals surface area contributed by atoms with Gasteiger partial charge in [-0.2, -0.15) is 8.42 Å². The van der Waals surface area contributed by atoms with Crippen LogP contribution in [0.3, 0.4) is 0 Å². The predicted octanol–water partition coefficient (Wildman–Crippen LogP) is 0.228. The topological polar surface area (TPSA) is 114 Å². The van der Waals surface area contributed by atoms with Crippen LogP contribution in [0.5, 0.6) is 5.75 Å². The molecule has 7 nitrogen and oxygen atoms in total. The van der Waals surface area contributed by atoms with Gasteiger partial charge in [-0.05, 0) is 6.92 Å². The molecule has 0 amide bonds. The molecule has 8 heteroatoms. The number of rotatable bonds is 4. The molecular formula is C8H9NO6S. The van der Waals surface area contributed by atoms with E-state index in [0.717, 1.165) is 0 Å². The molecule has 0 atom stereocenters. The van der Waals surface area contributed by atoms with E-state index in [9.17, 15) is 18.3 Å². The number of aromatic hydroxyl groups is 1. The molecule has 2 N–H and O–H groups in total. The number of hydrogen-bond acceptors (Lipinski definition) is 6. The minimum Gasteiger partial charge on any atom is -0.505 e. The predicted molar refractivity (Wildman–Crippen MR) is 52.4 cm³/mol. The first-order chi connectivity index (χ1) is 7.35. The number of aryl methyl sites for hydroxylation is 1. The first-order valence-corrected chi connectivity index (χ1v) is 5.46. The van der Waals surface area contributed by atoms with Crippen LogP contribution in [0, 0.1) is 6.92 Å². The molecule has 1 aromatic heterocycles. The van der Waals surface area contributed by atoms with Crippen LogP contribution in [0.1, 0.15) is 21.6 Å². The molecule has 0 radical (unpaired) electrons. The zero-order chi connectivity index (χ0) is 12.3. The number of carbonyl (C=O) groups excluding carboxylic acids is 1. The van der Waals surface area contributed by atoms with Crippen molar-refractivity contribution in [1.29, 1.82) is 0 Å². The van der Waals surface area contributed by atoms with Gasteiger partial charge in [0.25, 0.3) is 0 Å². The lowest BCUT2D eigenvalue weighted by Gasteiger charge is -2.07. The van der Waals surface area contributed by atoms with E-state index in [0.29, 0.717) is 6.29 Å². The van der Waals surface area contributed by atoms with Crippen LogP contribution in [0.25, 0.3) is 0 Å². The average molecular weight is 247 g/mol. The Morgan fingerprint density at radius 1 is 1.56 bits per heavy atom. The third kappa shape index (κ3) is 2.99. The maximum absolute atomic E-state index is 10.7. The van der Waals surface area contributed by atoms with Crippen molar-refractivity contribution in [1.82, 2.24) is 4.98 Å². The standard InChI is InChI=1S/C8H9NO6S/c1-5-8(11)7(3-10)6(2-9-5)4-15-16(12,13)14/h2-3,11H,4H2,1H3,(H,12,13,14). The third-order valence-corrected chi connectivity index (χ3v) is 2.25. The van der Waals surface area contributed by atoms with Crippen LogP contribution in [-0.4, -0.2) is 29.3 Å². The van der Waals surface area contributed by atoms with Gasteiger partial charge in [0.15, 0.2) is 6.29 Å². The fraction of sp³-hybridized carbons (Fsp3) is 0.250. The monoisotopic (exact) mass is 247 g/mol. The first-order valence-electron chi connectivity index (χ1n) is 4.09. The van der Waals surface area contributed by atoms with Crippen molar-refractivity contribution in [2.24, 2.45) is 0 Å². The van der Waals surface area contributed by atoms with Gasteiger partial charge in [-0.25, -0.2) is 4.18 Å². The molecule has 16 heavy (non-hydrogen) atoms. The number of carbonyl (C=O) groups is 1. The zero-order valence-corrected chi connectivity index (χ0v) is 9.06. The number of nitrogens with zero attached hydrogens (tertiary/aromatic N) is 1. The van der Waals surface area contributed by atoms with Gasteiger partial charge in [0.05, 0.1) is 17.9 Å². The van der Waals surface area contributed by atoms with Crippen molar-refractivity contribution < 1.29 is 27.1 Å². The summed E-state index contributed by atoms with van der Waals surface area (Å²) in [6.45, 7) is 0.906. The van der Waals surface area contributed by atoms with Gasteiger partial charge in [-0.3, -0.25) is 14.3 Å². The molecule has 0 aliphatic rings. The van der Waals surface area contributed by atoms with E-state index in [2.05, 4.69) is 9.17 Å². The quantitative estimate of drug-likeness (QED) is 0.578. The summed E-state index contributed by atoms with van der Waals surface area (Å²) in [5.41, 5.74) is 0.185. The van der Waals surface area contributed by atoms with Crippen molar-refractivity contribution >= 4 is 16.7 Å². The fourth-order valence-corrected chi connectivity index (χ4v) is 1.31.